The van der Waals surface area contributed by atoms with Crippen molar-refractivity contribution in [1.29, 1.82) is 0 Å². The SMILES string of the molecule is C[C@H](NC(=O)C1CCN(S(C)(=O)=O)CC1)c1ccc(N2CCCCC2)cc1. The van der Waals surface area contributed by atoms with Crippen molar-refractivity contribution in [3.8, 4) is 0 Å². The molecular formula is C20H31N3O3S. The molecule has 6 nitrogen and oxygen atoms in total. The molecule has 0 aromatic heterocycles. The summed E-state index contributed by atoms with van der Waals surface area (Å²) in [5, 5.41) is 3.10. The van der Waals surface area contributed by atoms with E-state index >= 15 is 0 Å². The lowest BCUT2D eigenvalue weighted by Gasteiger charge is -2.30. The molecule has 0 unspecified atom stereocenters. The lowest BCUT2D eigenvalue weighted by atomic mass is 9.96. The first-order valence-corrected chi connectivity index (χ1v) is 11.8. The van der Waals surface area contributed by atoms with Crippen LogP contribution in [0, 0.1) is 5.92 Å². The van der Waals surface area contributed by atoms with E-state index in [0.717, 1.165) is 18.7 Å². The normalized spacial score (nSPS) is 21.0. The minimum atomic E-state index is -3.16. The molecule has 1 N–H and O–H groups in total. The molecular weight excluding hydrogens is 362 g/mol. The van der Waals surface area contributed by atoms with E-state index in [-0.39, 0.29) is 17.9 Å². The van der Waals surface area contributed by atoms with Crippen LogP contribution in [0.4, 0.5) is 5.69 Å². The lowest BCUT2D eigenvalue weighted by Crippen LogP contribution is -2.43. The van der Waals surface area contributed by atoms with Crippen LogP contribution in [-0.4, -0.2) is 51.1 Å². The quantitative estimate of drug-likeness (QED) is 0.835. The van der Waals surface area contributed by atoms with E-state index in [1.54, 1.807) is 0 Å². The van der Waals surface area contributed by atoms with Gasteiger partial charge in [0, 0.05) is 37.8 Å². The number of hydrogen-bond donors (Lipinski definition) is 1. The van der Waals surface area contributed by atoms with Gasteiger partial charge in [-0.3, -0.25) is 4.79 Å². The summed E-state index contributed by atoms with van der Waals surface area (Å²) in [5.41, 5.74) is 2.35. The van der Waals surface area contributed by atoms with E-state index < -0.39 is 10.0 Å². The maximum atomic E-state index is 12.6. The third kappa shape index (κ3) is 5.23. The van der Waals surface area contributed by atoms with Gasteiger partial charge in [0.15, 0.2) is 0 Å². The highest BCUT2D eigenvalue weighted by molar-refractivity contribution is 7.88. The summed E-state index contributed by atoms with van der Waals surface area (Å²) in [7, 11) is -3.16. The van der Waals surface area contributed by atoms with Gasteiger partial charge >= 0.3 is 0 Å². The number of amides is 1. The minimum Gasteiger partial charge on any atom is -0.372 e. The third-order valence-corrected chi connectivity index (χ3v) is 7.07. The number of sulfonamides is 1. The first-order valence-electron chi connectivity index (χ1n) is 9.95. The number of carbonyl (C=O) groups excluding carboxylic acids is 1. The van der Waals surface area contributed by atoms with Crippen LogP contribution in [0.5, 0.6) is 0 Å². The zero-order chi connectivity index (χ0) is 19.4. The first kappa shape index (κ1) is 20.1. The molecule has 0 aliphatic carbocycles. The van der Waals surface area contributed by atoms with Crippen molar-refractivity contribution in [2.75, 3.05) is 37.3 Å². The third-order valence-electron chi connectivity index (χ3n) is 5.77. The van der Waals surface area contributed by atoms with Crippen molar-refractivity contribution in [2.45, 2.75) is 45.1 Å². The van der Waals surface area contributed by atoms with Crippen LogP contribution in [-0.2, 0) is 14.8 Å². The van der Waals surface area contributed by atoms with E-state index in [4.69, 9.17) is 0 Å². The predicted octanol–water partition coefficient (Wildman–Crippen LogP) is 2.53. The molecule has 0 spiro atoms. The first-order chi connectivity index (χ1) is 12.8. The number of hydrogen-bond acceptors (Lipinski definition) is 4. The largest absolute Gasteiger partial charge is 0.372 e. The fourth-order valence-electron chi connectivity index (χ4n) is 3.99. The van der Waals surface area contributed by atoms with Gasteiger partial charge in [-0.15, -0.1) is 0 Å². The second-order valence-corrected chi connectivity index (χ2v) is 9.79. The average Bonchev–Trinajstić information content (AvgIpc) is 2.68. The molecule has 2 aliphatic rings. The summed E-state index contributed by atoms with van der Waals surface area (Å²) in [5.74, 6) is -0.0890. The molecule has 0 radical (unpaired) electrons. The van der Waals surface area contributed by atoms with E-state index in [9.17, 15) is 13.2 Å². The molecule has 3 rings (SSSR count). The van der Waals surface area contributed by atoms with Gasteiger partial charge < -0.3 is 10.2 Å². The predicted molar refractivity (Wildman–Crippen MR) is 108 cm³/mol. The van der Waals surface area contributed by atoms with Gasteiger partial charge in [0.25, 0.3) is 0 Å². The Labute approximate surface area is 163 Å². The summed E-state index contributed by atoms with van der Waals surface area (Å²) in [6, 6.07) is 8.44. The van der Waals surface area contributed by atoms with Crippen LogP contribution < -0.4 is 10.2 Å². The number of nitrogens with zero attached hydrogens (tertiary/aromatic N) is 2. The molecule has 1 amide bonds. The molecule has 2 aliphatic heterocycles. The Morgan fingerprint density at radius 3 is 2.19 bits per heavy atom. The van der Waals surface area contributed by atoms with Crippen molar-refractivity contribution in [2.24, 2.45) is 5.92 Å². The topological polar surface area (TPSA) is 69.7 Å². The lowest BCUT2D eigenvalue weighted by molar-refractivity contribution is -0.126. The van der Waals surface area contributed by atoms with Crippen LogP contribution in [0.15, 0.2) is 24.3 Å². The Bertz CT molecular complexity index is 734. The highest BCUT2D eigenvalue weighted by atomic mass is 32.2. The maximum absolute atomic E-state index is 12.6. The van der Waals surface area contributed by atoms with Gasteiger partial charge in [-0.2, -0.15) is 0 Å². The van der Waals surface area contributed by atoms with Crippen LogP contribution in [0.2, 0.25) is 0 Å². The fourth-order valence-corrected chi connectivity index (χ4v) is 4.86. The van der Waals surface area contributed by atoms with Crippen molar-refractivity contribution in [3.63, 3.8) is 0 Å². The number of nitrogens with one attached hydrogen (secondary N) is 1. The maximum Gasteiger partial charge on any atom is 0.223 e. The molecule has 7 heteroatoms. The van der Waals surface area contributed by atoms with Crippen LogP contribution in [0.25, 0.3) is 0 Å². The Hall–Kier alpha value is -1.60. The molecule has 1 atom stereocenters. The molecule has 2 heterocycles. The molecule has 150 valence electrons. The number of piperidine rings is 2. The van der Waals surface area contributed by atoms with Gasteiger partial charge in [-0.05, 0) is 56.7 Å². The smallest absolute Gasteiger partial charge is 0.223 e. The van der Waals surface area contributed by atoms with Gasteiger partial charge in [-0.1, -0.05) is 12.1 Å². The standard InChI is InChI=1S/C20H31N3O3S/c1-16(17-6-8-19(9-7-17)22-12-4-3-5-13-22)21-20(24)18-10-14-23(15-11-18)27(2,25)26/h6-9,16,18H,3-5,10-15H2,1-2H3,(H,21,24)/t16-/m0/s1. The van der Waals surface area contributed by atoms with Gasteiger partial charge in [0.2, 0.25) is 15.9 Å². The summed E-state index contributed by atoms with van der Waals surface area (Å²) >= 11 is 0. The monoisotopic (exact) mass is 393 g/mol. The molecule has 1 aromatic rings. The van der Waals surface area contributed by atoms with Crippen molar-refractivity contribution >= 4 is 21.6 Å². The minimum absolute atomic E-state index is 0.0239. The summed E-state index contributed by atoms with van der Waals surface area (Å²) < 4.78 is 24.6. The van der Waals surface area contributed by atoms with Gasteiger partial charge in [0.05, 0.1) is 12.3 Å². The Kier molecular flexibility index (Phi) is 6.42. The second kappa shape index (κ2) is 8.61. The molecule has 2 fully saturated rings. The van der Waals surface area contributed by atoms with Crippen LogP contribution in [0.1, 0.15) is 50.6 Å². The number of rotatable bonds is 5. The Balaban J connectivity index is 1.52. The number of anilines is 1. The Morgan fingerprint density at radius 1 is 1.04 bits per heavy atom. The highest BCUT2D eigenvalue weighted by Crippen LogP contribution is 2.24. The van der Waals surface area contributed by atoms with Gasteiger partial charge in [-0.25, -0.2) is 12.7 Å². The van der Waals surface area contributed by atoms with E-state index in [1.165, 1.54) is 35.5 Å². The molecule has 1 aromatic carbocycles. The van der Waals surface area contributed by atoms with E-state index in [1.807, 2.05) is 6.92 Å². The molecule has 0 saturated carbocycles. The molecule has 0 bridgehead atoms. The fraction of sp³-hybridized carbons (Fsp3) is 0.650. The van der Waals surface area contributed by atoms with Crippen molar-refractivity contribution in [1.82, 2.24) is 9.62 Å². The van der Waals surface area contributed by atoms with Crippen LogP contribution in [0.3, 0.4) is 0 Å². The van der Waals surface area contributed by atoms with E-state index in [0.29, 0.717) is 25.9 Å². The van der Waals surface area contributed by atoms with Crippen molar-refractivity contribution in [3.05, 3.63) is 29.8 Å². The molecule has 2 saturated heterocycles. The van der Waals surface area contributed by atoms with Crippen LogP contribution >= 0.6 is 0 Å². The average molecular weight is 394 g/mol. The Morgan fingerprint density at radius 2 is 1.63 bits per heavy atom. The second-order valence-electron chi connectivity index (χ2n) is 7.81. The zero-order valence-electron chi connectivity index (χ0n) is 16.4. The summed E-state index contributed by atoms with van der Waals surface area (Å²) in [6.45, 7) is 5.10. The highest BCUT2D eigenvalue weighted by Gasteiger charge is 2.29. The van der Waals surface area contributed by atoms with Gasteiger partial charge in [0.1, 0.15) is 0 Å². The summed E-state index contributed by atoms with van der Waals surface area (Å²) in [6.07, 6.45) is 6.22. The number of benzene rings is 1. The number of carbonyl (C=O) groups is 1. The van der Waals surface area contributed by atoms with E-state index in [2.05, 4.69) is 34.5 Å². The van der Waals surface area contributed by atoms with Crippen molar-refractivity contribution < 1.29 is 13.2 Å². The zero-order valence-corrected chi connectivity index (χ0v) is 17.2. The summed E-state index contributed by atoms with van der Waals surface area (Å²) in [4.78, 5) is 15.0. The molecule has 27 heavy (non-hydrogen) atoms.